The molecule has 4 rings (SSSR count). The number of nitrogens with one attached hydrogen (secondary N) is 1. The molecule has 0 aliphatic carbocycles. The summed E-state index contributed by atoms with van der Waals surface area (Å²) >= 11 is 0. The predicted molar refractivity (Wildman–Crippen MR) is 137 cm³/mol. The maximum atomic E-state index is 14.5. The number of halogens is 1. The number of nitrogens with zero attached hydrogens (tertiary/aromatic N) is 4. The second-order valence-electron chi connectivity index (χ2n) is 8.37. The molecular weight excluding hydrogens is 461 g/mol. The molecule has 0 atom stereocenters. The van der Waals surface area contributed by atoms with Gasteiger partial charge in [-0.25, -0.2) is 19.2 Å². The molecular formula is C27H26FN5O3. The van der Waals surface area contributed by atoms with Gasteiger partial charge in [0.25, 0.3) is 0 Å². The summed E-state index contributed by atoms with van der Waals surface area (Å²) in [5.74, 6) is 0.970. The van der Waals surface area contributed by atoms with E-state index >= 15 is 0 Å². The Balaban J connectivity index is 1.58. The van der Waals surface area contributed by atoms with E-state index in [4.69, 9.17) is 9.47 Å². The predicted octanol–water partition coefficient (Wildman–Crippen LogP) is 5.87. The van der Waals surface area contributed by atoms with Gasteiger partial charge in [-0.05, 0) is 60.9 Å². The van der Waals surface area contributed by atoms with Crippen molar-refractivity contribution >= 4 is 28.8 Å². The van der Waals surface area contributed by atoms with Gasteiger partial charge >= 0.3 is 6.09 Å². The van der Waals surface area contributed by atoms with Crippen LogP contribution in [0.25, 0.3) is 22.2 Å². The summed E-state index contributed by atoms with van der Waals surface area (Å²) < 4.78 is 24.5. The number of benzene rings is 2. The first kappa shape index (κ1) is 24.6. The van der Waals surface area contributed by atoms with Crippen molar-refractivity contribution in [1.82, 2.24) is 15.0 Å². The number of allylic oxidation sites excluding steroid dienone is 1. The Morgan fingerprint density at radius 2 is 1.89 bits per heavy atom. The van der Waals surface area contributed by atoms with Gasteiger partial charge in [-0.15, -0.1) is 0 Å². The molecule has 0 radical (unpaired) electrons. The molecule has 0 fully saturated rings. The highest BCUT2D eigenvalue weighted by Crippen LogP contribution is 2.30. The SMILES string of the molecule is C=C(C)OC(=O)Nc1cc(-c2cnc3nc(N(C)Cc4ccc(OC)cc4)ncc3c2)c(C)cc1F. The third-order valence-electron chi connectivity index (χ3n) is 5.47. The van der Waals surface area contributed by atoms with Crippen LogP contribution in [0.2, 0.25) is 0 Å². The van der Waals surface area contributed by atoms with E-state index in [1.807, 2.05) is 42.3 Å². The number of aryl methyl sites for hydroxylation is 1. The number of anilines is 2. The molecule has 0 aliphatic heterocycles. The van der Waals surface area contributed by atoms with Crippen molar-refractivity contribution in [3.05, 3.63) is 84.1 Å². The zero-order valence-corrected chi connectivity index (χ0v) is 20.5. The Morgan fingerprint density at radius 1 is 1.14 bits per heavy atom. The Kier molecular flexibility index (Phi) is 7.10. The van der Waals surface area contributed by atoms with Crippen LogP contribution in [0.3, 0.4) is 0 Å². The van der Waals surface area contributed by atoms with Crippen molar-refractivity contribution in [1.29, 1.82) is 0 Å². The fourth-order valence-corrected chi connectivity index (χ4v) is 3.69. The highest BCUT2D eigenvalue weighted by atomic mass is 19.1. The quantitative estimate of drug-likeness (QED) is 0.326. The first-order valence-corrected chi connectivity index (χ1v) is 11.1. The number of fused-ring (bicyclic) bond motifs is 1. The Bertz CT molecular complexity index is 1440. The minimum Gasteiger partial charge on any atom is -0.497 e. The van der Waals surface area contributed by atoms with Crippen molar-refractivity contribution in [2.45, 2.75) is 20.4 Å². The van der Waals surface area contributed by atoms with E-state index in [0.717, 1.165) is 22.3 Å². The standard InChI is InChI=1S/C27H26FN5O3/c1-16(2)36-27(34)31-24-12-22(17(3)10-23(24)28)19-11-20-14-30-26(32-25(20)29-13-19)33(4)15-18-6-8-21(35-5)9-7-18/h6-14H,1,15H2,2-5H3,(H,31,34). The maximum Gasteiger partial charge on any atom is 0.416 e. The highest BCUT2D eigenvalue weighted by Gasteiger charge is 2.14. The summed E-state index contributed by atoms with van der Waals surface area (Å²) in [6, 6.07) is 12.6. The summed E-state index contributed by atoms with van der Waals surface area (Å²) in [6.45, 7) is 7.44. The zero-order valence-electron chi connectivity index (χ0n) is 20.5. The molecule has 0 spiro atoms. The average molecular weight is 488 g/mol. The number of carbonyl (C=O) groups is 1. The number of carbonyl (C=O) groups excluding carboxylic acids is 1. The summed E-state index contributed by atoms with van der Waals surface area (Å²) in [4.78, 5) is 27.5. The highest BCUT2D eigenvalue weighted by molar-refractivity contribution is 5.88. The molecule has 1 N–H and O–H groups in total. The molecule has 0 bridgehead atoms. The second kappa shape index (κ2) is 10.4. The van der Waals surface area contributed by atoms with Gasteiger partial charge in [-0.3, -0.25) is 5.32 Å². The van der Waals surface area contributed by atoms with Crippen LogP contribution in [0.1, 0.15) is 18.1 Å². The lowest BCUT2D eigenvalue weighted by Gasteiger charge is -2.17. The van der Waals surface area contributed by atoms with E-state index in [0.29, 0.717) is 29.3 Å². The molecule has 2 aromatic heterocycles. The number of aromatic nitrogens is 3. The van der Waals surface area contributed by atoms with Crippen molar-refractivity contribution in [3.63, 3.8) is 0 Å². The third-order valence-corrected chi connectivity index (χ3v) is 5.47. The van der Waals surface area contributed by atoms with Gasteiger partial charge in [-0.2, -0.15) is 4.98 Å². The van der Waals surface area contributed by atoms with Crippen molar-refractivity contribution in [2.75, 3.05) is 24.4 Å². The van der Waals surface area contributed by atoms with Gasteiger partial charge in [0.1, 0.15) is 11.6 Å². The first-order chi connectivity index (χ1) is 17.2. The summed E-state index contributed by atoms with van der Waals surface area (Å²) in [7, 11) is 3.55. The minimum absolute atomic E-state index is 0.00583. The summed E-state index contributed by atoms with van der Waals surface area (Å²) in [5.41, 5.74) is 3.75. The number of hydrogen-bond donors (Lipinski definition) is 1. The number of amides is 1. The number of ether oxygens (including phenoxy) is 2. The van der Waals surface area contributed by atoms with Crippen LogP contribution < -0.4 is 15.0 Å². The van der Waals surface area contributed by atoms with Gasteiger partial charge in [0, 0.05) is 36.9 Å². The molecule has 9 heteroatoms. The van der Waals surface area contributed by atoms with E-state index in [-0.39, 0.29) is 11.4 Å². The Morgan fingerprint density at radius 3 is 2.58 bits per heavy atom. The monoisotopic (exact) mass is 487 g/mol. The van der Waals surface area contributed by atoms with E-state index in [2.05, 4.69) is 26.8 Å². The van der Waals surface area contributed by atoms with Gasteiger partial charge in [-0.1, -0.05) is 18.7 Å². The Hall–Kier alpha value is -4.53. The lowest BCUT2D eigenvalue weighted by Crippen LogP contribution is -2.19. The van der Waals surface area contributed by atoms with Crippen molar-refractivity contribution < 1.29 is 18.7 Å². The van der Waals surface area contributed by atoms with Crippen molar-refractivity contribution in [2.24, 2.45) is 0 Å². The van der Waals surface area contributed by atoms with Crippen LogP contribution in [0.15, 0.2) is 67.2 Å². The average Bonchev–Trinajstić information content (AvgIpc) is 2.85. The maximum absolute atomic E-state index is 14.5. The first-order valence-electron chi connectivity index (χ1n) is 11.1. The van der Waals surface area contributed by atoms with Crippen LogP contribution in [0.5, 0.6) is 5.75 Å². The second-order valence-corrected chi connectivity index (χ2v) is 8.37. The number of rotatable bonds is 7. The van der Waals surface area contributed by atoms with Crippen LogP contribution in [0, 0.1) is 12.7 Å². The molecule has 0 saturated carbocycles. The molecule has 184 valence electrons. The molecule has 36 heavy (non-hydrogen) atoms. The lowest BCUT2D eigenvalue weighted by molar-refractivity contribution is 0.192. The van der Waals surface area contributed by atoms with E-state index in [1.54, 1.807) is 32.5 Å². The fraction of sp³-hybridized carbons (Fsp3) is 0.185. The van der Waals surface area contributed by atoms with E-state index in [1.165, 1.54) is 13.0 Å². The van der Waals surface area contributed by atoms with Crippen LogP contribution >= 0.6 is 0 Å². The van der Waals surface area contributed by atoms with Crippen molar-refractivity contribution in [3.8, 4) is 16.9 Å². The molecule has 0 unspecified atom stereocenters. The molecule has 0 aliphatic rings. The molecule has 2 heterocycles. The van der Waals surface area contributed by atoms with Gasteiger partial charge in [0.15, 0.2) is 5.65 Å². The Labute approximate surface area is 208 Å². The molecule has 2 aromatic carbocycles. The normalized spacial score (nSPS) is 10.7. The van der Waals surface area contributed by atoms with Crippen LogP contribution in [-0.2, 0) is 11.3 Å². The van der Waals surface area contributed by atoms with Crippen LogP contribution in [0.4, 0.5) is 20.8 Å². The molecule has 1 amide bonds. The topological polar surface area (TPSA) is 89.5 Å². The zero-order chi connectivity index (χ0) is 25.8. The number of methoxy groups -OCH3 is 1. The van der Waals surface area contributed by atoms with Crippen LogP contribution in [-0.4, -0.2) is 35.2 Å². The third kappa shape index (κ3) is 5.57. The van der Waals surface area contributed by atoms with E-state index in [9.17, 15) is 9.18 Å². The largest absolute Gasteiger partial charge is 0.497 e. The van der Waals surface area contributed by atoms with Gasteiger partial charge in [0.05, 0.1) is 18.6 Å². The number of pyridine rings is 1. The van der Waals surface area contributed by atoms with E-state index < -0.39 is 11.9 Å². The fourth-order valence-electron chi connectivity index (χ4n) is 3.69. The molecule has 4 aromatic rings. The smallest absolute Gasteiger partial charge is 0.416 e. The minimum atomic E-state index is -0.812. The molecule has 0 saturated heterocycles. The molecule has 8 nitrogen and oxygen atoms in total. The van der Waals surface area contributed by atoms with Gasteiger partial charge < -0.3 is 14.4 Å². The summed E-state index contributed by atoms with van der Waals surface area (Å²) in [6.07, 6.45) is 2.56. The number of hydrogen-bond acceptors (Lipinski definition) is 7. The van der Waals surface area contributed by atoms with Gasteiger partial charge in [0.2, 0.25) is 5.95 Å². The lowest BCUT2D eigenvalue weighted by atomic mass is 10.0. The summed E-state index contributed by atoms with van der Waals surface area (Å²) in [5, 5.41) is 3.14.